The van der Waals surface area contributed by atoms with Gasteiger partial charge in [-0.15, -0.1) is 0 Å². The van der Waals surface area contributed by atoms with E-state index in [0.29, 0.717) is 11.5 Å². The summed E-state index contributed by atoms with van der Waals surface area (Å²) in [5, 5.41) is 2.51. The van der Waals surface area contributed by atoms with E-state index < -0.39 is 0 Å². The number of Topliss-reactive ketones (excluding diaryl/α,β-unsaturated/α-hetero) is 1. The van der Waals surface area contributed by atoms with Crippen LogP contribution >= 0.6 is 0 Å². The molecule has 0 saturated heterocycles. The Morgan fingerprint density at radius 2 is 1.79 bits per heavy atom. The number of hydrogen-bond donors (Lipinski definition) is 2. The summed E-state index contributed by atoms with van der Waals surface area (Å²) in [4.78, 5) is 38.3. The molecule has 2 rings (SSSR count). The number of carbonyl (C=O) groups is 2. The van der Waals surface area contributed by atoms with E-state index in [1.165, 1.54) is 24.0 Å². The molecule has 0 unspecified atom stereocenters. The summed E-state index contributed by atoms with van der Waals surface area (Å²) >= 11 is 0. The number of hydrogen-bond acceptors (Lipinski definition) is 3. The van der Waals surface area contributed by atoms with Crippen molar-refractivity contribution in [3.63, 3.8) is 0 Å². The molecule has 0 saturated carbocycles. The number of pyridine rings is 1. The highest BCUT2D eigenvalue weighted by Gasteiger charge is 2.11. The van der Waals surface area contributed by atoms with Gasteiger partial charge in [-0.2, -0.15) is 0 Å². The quantitative estimate of drug-likeness (QED) is 0.767. The Kier molecular flexibility index (Phi) is 6.07. The van der Waals surface area contributed by atoms with E-state index in [9.17, 15) is 14.4 Å². The minimum atomic E-state index is -0.350. The zero-order chi connectivity index (χ0) is 17.5. The molecule has 0 aliphatic carbocycles. The fourth-order valence-corrected chi connectivity index (χ4v) is 2.40. The van der Waals surface area contributed by atoms with Crippen molar-refractivity contribution in [3.05, 3.63) is 64.1 Å². The molecule has 1 heterocycles. The van der Waals surface area contributed by atoms with Gasteiger partial charge in [0.2, 0.25) is 11.3 Å². The summed E-state index contributed by atoms with van der Waals surface area (Å²) in [6.45, 7) is 4.30. The first-order valence-electron chi connectivity index (χ1n) is 8.05. The molecular weight excluding hydrogens is 304 g/mol. The summed E-state index contributed by atoms with van der Waals surface area (Å²) in [6, 6.07) is 8.85. The van der Waals surface area contributed by atoms with Gasteiger partial charge in [0.05, 0.1) is 0 Å². The molecule has 0 bridgehead atoms. The average molecular weight is 326 g/mol. The molecule has 0 aliphatic rings. The van der Waals surface area contributed by atoms with Crippen molar-refractivity contribution >= 4 is 17.4 Å². The van der Waals surface area contributed by atoms with Gasteiger partial charge in [-0.1, -0.05) is 38.1 Å². The number of nitrogens with one attached hydrogen (secondary N) is 2. The Labute approximate surface area is 141 Å². The van der Waals surface area contributed by atoms with Gasteiger partial charge in [0.25, 0.3) is 0 Å². The minimum Gasteiger partial charge on any atom is -0.366 e. The lowest BCUT2D eigenvalue weighted by Gasteiger charge is -2.06. The van der Waals surface area contributed by atoms with Crippen LogP contribution in [0.2, 0.25) is 0 Å². The zero-order valence-corrected chi connectivity index (χ0v) is 14.0. The fourth-order valence-electron chi connectivity index (χ4n) is 2.40. The first-order valence-corrected chi connectivity index (χ1v) is 8.05. The van der Waals surface area contributed by atoms with Crippen molar-refractivity contribution in [2.45, 2.75) is 33.1 Å². The molecule has 0 radical (unpaired) electrons. The third-order valence-electron chi connectivity index (χ3n) is 3.60. The van der Waals surface area contributed by atoms with Gasteiger partial charge in [-0.3, -0.25) is 14.4 Å². The molecule has 1 aromatic carbocycles. The van der Waals surface area contributed by atoms with Gasteiger partial charge in [0.1, 0.15) is 5.69 Å². The van der Waals surface area contributed by atoms with Crippen molar-refractivity contribution in [1.29, 1.82) is 0 Å². The van der Waals surface area contributed by atoms with Crippen molar-refractivity contribution in [3.8, 4) is 0 Å². The molecule has 1 aromatic heterocycles. The molecule has 0 spiro atoms. The van der Waals surface area contributed by atoms with Gasteiger partial charge in [0.15, 0.2) is 5.78 Å². The van der Waals surface area contributed by atoms with E-state index in [-0.39, 0.29) is 35.6 Å². The van der Waals surface area contributed by atoms with E-state index >= 15 is 0 Å². The first-order chi connectivity index (χ1) is 11.5. The molecule has 5 heteroatoms. The minimum absolute atomic E-state index is 0.0426. The van der Waals surface area contributed by atoms with E-state index in [2.05, 4.69) is 24.1 Å². The van der Waals surface area contributed by atoms with Crippen LogP contribution in [0.3, 0.4) is 0 Å². The Morgan fingerprint density at radius 3 is 2.42 bits per heavy atom. The normalized spacial score (nSPS) is 10.6. The van der Waals surface area contributed by atoms with Crippen LogP contribution in [0.5, 0.6) is 0 Å². The fraction of sp³-hybridized carbons (Fsp3) is 0.316. The number of anilines is 1. The standard InChI is InChI=1S/C19H22N2O3/c1-13(2)11-14-3-5-15(6-4-14)17(22)7-8-19(24)21-16-12-20-10-9-18(16)23/h3-6,9-10,12-13H,7-8,11H2,1-2H3,(H,20,23)(H,21,24). The van der Waals surface area contributed by atoms with Gasteiger partial charge < -0.3 is 10.3 Å². The maximum atomic E-state index is 12.2. The summed E-state index contributed by atoms with van der Waals surface area (Å²) in [7, 11) is 0. The second-order valence-corrected chi connectivity index (χ2v) is 6.19. The van der Waals surface area contributed by atoms with Crippen LogP contribution in [0, 0.1) is 5.92 Å². The highest BCUT2D eigenvalue weighted by molar-refractivity contribution is 5.99. The Balaban J connectivity index is 1.87. The van der Waals surface area contributed by atoms with Crippen molar-refractivity contribution in [1.82, 2.24) is 4.98 Å². The summed E-state index contributed by atoms with van der Waals surface area (Å²) in [6.07, 6.45) is 4.05. The summed E-state index contributed by atoms with van der Waals surface area (Å²) < 4.78 is 0. The van der Waals surface area contributed by atoms with Crippen LogP contribution in [-0.4, -0.2) is 16.7 Å². The lowest BCUT2D eigenvalue weighted by Crippen LogP contribution is -2.18. The predicted molar refractivity (Wildman–Crippen MR) is 94.2 cm³/mol. The number of H-pyrrole nitrogens is 1. The molecule has 5 nitrogen and oxygen atoms in total. The second kappa shape index (κ2) is 8.24. The van der Waals surface area contributed by atoms with Gasteiger partial charge >= 0.3 is 0 Å². The lowest BCUT2D eigenvalue weighted by molar-refractivity contribution is -0.116. The number of ketones is 1. The van der Waals surface area contributed by atoms with Crippen molar-refractivity contribution in [2.75, 3.05) is 5.32 Å². The monoisotopic (exact) mass is 326 g/mol. The van der Waals surface area contributed by atoms with Gasteiger partial charge in [-0.05, 0) is 17.9 Å². The number of amides is 1. The van der Waals surface area contributed by atoms with Gasteiger partial charge in [0, 0.05) is 36.9 Å². The molecule has 24 heavy (non-hydrogen) atoms. The SMILES string of the molecule is CC(C)Cc1ccc(C(=O)CCC(=O)Nc2c[nH]ccc2=O)cc1. The Hall–Kier alpha value is -2.69. The van der Waals surface area contributed by atoms with Crippen molar-refractivity contribution < 1.29 is 9.59 Å². The van der Waals surface area contributed by atoms with E-state index in [0.717, 1.165) is 6.42 Å². The van der Waals surface area contributed by atoms with Crippen LogP contribution in [0.1, 0.15) is 42.6 Å². The highest BCUT2D eigenvalue weighted by Crippen LogP contribution is 2.12. The molecule has 1 amide bonds. The molecule has 0 aliphatic heterocycles. The molecule has 2 N–H and O–H groups in total. The molecule has 0 atom stereocenters. The third kappa shape index (κ3) is 5.19. The van der Waals surface area contributed by atoms with Crippen LogP contribution in [0.15, 0.2) is 47.5 Å². The van der Waals surface area contributed by atoms with E-state index in [1.807, 2.05) is 12.1 Å². The van der Waals surface area contributed by atoms with Crippen LogP contribution < -0.4 is 10.7 Å². The van der Waals surface area contributed by atoms with Crippen molar-refractivity contribution in [2.24, 2.45) is 5.92 Å². The predicted octanol–water partition coefficient (Wildman–Crippen LogP) is 3.18. The first kappa shape index (κ1) is 17.7. The summed E-state index contributed by atoms with van der Waals surface area (Å²) in [5.41, 5.74) is 1.72. The van der Waals surface area contributed by atoms with Gasteiger partial charge in [-0.25, -0.2) is 0 Å². The topological polar surface area (TPSA) is 79.0 Å². The smallest absolute Gasteiger partial charge is 0.224 e. The lowest BCUT2D eigenvalue weighted by atomic mass is 9.99. The number of aromatic amines is 1. The number of benzene rings is 1. The molecular formula is C19H22N2O3. The Morgan fingerprint density at radius 1 is 1.08 bits per heavy atom. The largest absolute Gasteiger partial charge is 0.366 e. The average Bonchev–Trinajstić information content (AvgIpc) is 2.55. The maximum absolute atomic E-state index is 12.2. The van der Waals surface area contributed by atoms with Crippen LogP contribution in [0.25, 0.3) is 0 Å². The number of carbonyl (C=O) groups excluding carboxylic acids is 2. The maximum Gasteiger partial charge on any atom is 0.224 e. The van der Waals surface area contributed by atoms with Crippen LogP contribution in [-0.2, 0) is 11.2 Å². The summed E-state index contributed by atoms with van der Waals surface area (Å²) in [5.74, 6) is 0.135. The molecule has 0 fully saturated rings. The number of rotatable bonds is 7. The highest BCUT2D eigenvalue weighted by atomic mass is 16.2. The van der Waals surface area contributed by atoms with E-state index in [1.54, 1.807) is 12.1 Å². The van der Waals surface area contributed by atoms with E-state index in [4.69, 9.17) is 0 Å². The third-order valence-corrected chi connectivity index (χ3v) is 3.60. The number of aromatic nitrogens is 1. The molecule has 2 aromatic rings. The second-order valence-electron chi connectivity index (χ2n) is 6.19. The zero-order valence-electron chi connectivity index (χ0n) is 14.0. The molecule has 126 valence electrons. The van der Waals surface area contributed by atoms with Crippen LogP contribution in [0.4, 0.5) is 5.69 Å². The Bertz CT molecular complexity index is 761.